The van der Waals surface area contributed by atoms with Crippen molar-refractivity contribution in [3.05, 3.63) is 64.0 Å². The Bertz CT molecular complexity index is 1100. The molecule has 152 valence electrons. The largest absolute Gasteiger partial charge is 0.494 e. The number of ether oxygens (including phenoxy) is 2. The Morgan fingerprint density at radius 1 is 1.07 bits per heavy atom. The van der Waals surface area contributed by atoms with E-state index in [-0.39, 0.29) is 34.1 Å². The highest BCUT2D eigenvalue weighted by atomic mass is 35.5. The van der Waals surface area contributed by atoms with Crippen LogP contribution in [0.5, 0.6) is 5.75 Å². The first-order valence-electron chi connectivity index (χ1n) is 12.2. The quantitative estimate of drug-likeness (QED) is 0.574. The van der Waals surface area contributed by atoms with Crippen LogP contribution in [-0.2, 0) is 11.2 Å². The summed E-state index contributed by atoms with van der Waals surface area (Å²) in [6.07, 6.45) is -8.55. The second-order valence-electron chi connectivity index (χ2n) is 6.25. The Morgan fingerprint density at radius 2 is 1.79 bits per heavy atom. The topological polar surface area (TPSA) is 99.4 Å². The highest BCUT2D eigenvalue weighted by Gasteiger charge is 2.43. The lowest BCUT2D eigenvalue weighted by Crippen LogP contribution is -2.55. The maximum atomic E-state index is 10.5. The number of rotatable bonds is 6. The minimum absolute atomic E-state index is 0.119. The molecule has 2 aromatic rings. The number of halogens is 1. The first-order chi connectivity index (χ1) is 16.4. The Hall–Kier alpha value is -1.67. The van der Waals surface area contributed by atoms with Crippen LogP contribution >= 0.6 is 11.6 Å². The van der Waals surface area contributed by atoms with Crippen LogP contribution in [0, 0.1) is 0 Å². The van der Waals surface area contributed by atoms with Crippen LogP contribution in [0.25, 0.3) is 0 Å². The van der Waals surface area contributed by atoms with Gasteiger partial charge < -0.3 is 29.9 Å². The van der Waals surface area contributed by atoms with Crippen LogP contribution in [0.4, 0.5) is 0 Å². The van der Waals surface area contributed by atoms with Gasteiger partial charge in [0.1, 0.15) is 36.3 Å². The van der Waals surface area contributed by atoms with Gasteiger partial charge in [0.25, 0.3) is 0 Å². The average molecular weight is 416 g/mol. The van der Waals surface area contributed by atoms with Crippen molar-refractivity contribution in [2.45, 2.75) is 43.9 Å². The Labute approximate surface area is 178 Å². The molecule has 0 radical (unpaired) electrons. The number of aliphatic hydroxyl groups excluding tert-OH is 4. The SMILES string of the molecule is [2H]c1c([2H])c([C@@H]2O[C@H](CO)[C@@H](O)[C@H](O)[C@H]2O)c([2H])c(Cc2c([2H])c([2H])c(OCC)c([2H])c2[2H])c1Cl. The zero-order valence-corrected chi connectivity index (χ0v) is 15.7. The fraction of sp³-hybridized carbons (Fsp3) is 0.429. The van der Waals surface area contributed by atoms with E-state index in [1.807, 2.05) is 0 Å². The van der Waals surface area contributed by atoms with E-state index in [9.17, 15) is 20.4 Å². The number of hydrogen-bond donors (Lipinski definition) is 4. The van der Waals surface area contributed by atoms with Crippen molar-refractivity contribution in [2.24, 2.45) is 0 Å². The molecule has 0 spiro atoms. The maximum absolute atomic E-state index is 10.5. The molecule has 1 heterocycles. The van der Waals surface area contributed by atoms with Gasteiger partial charge in [0.15, 0.2) is 0 Å². The molecular formula is C21H25ClO6. The second-order valence-corrected chi connectivity index (χ2v) is 6.63. The summed E-state index contributed by atoms with van der Waals surface area (Å²) >= 11 is 6.27. The molecular weight excluding hydrogens is 384 g/mol. The van der Waals surface area contributed by atoms with Gasteiger partial charge in [0, 0.05) is 5.02 Å². The summed E-state index contributed by atoms with van der Waals surface area (Å²) in [6, 6.07) is -3.33. The predicted octanol–water partition coefficient (Wildman–Crippen LogP) is 1.84. The summed E-state index contributed by atoms with van der Waals surface area (Å²) in [5, 5.41) is 39.8. The van der Waals surface area contributed by atoms with E-state index in [1.54, 1.807) is 6.92 Å². The number of benzene rings is 2. The Morgan fingerprint density at radius 3 is 2.43 bits per heavy atom. The van der Waals surface area contributed by atoms with E-state index in [1.165, 1.54) is 0 Å². The summed E-state index contributed by atoms with van der Waals surface area (Å²) in [7, 11) is 0. The minimum Gasteiger partial charge on any atom is -0.494 e. The Balaban J connectivity index is 2.18. The molecule has 28 heavy (non-hydrogen) atoms. The Kier molecular flexibility index (Phi) is 4.46. The van der Waals surface area contributed by atoms with Crippen molar-refractivity contribution >= 4 is 11.6 Å². The molecule has 0 bridgehead atoms. The molecule has 1 saturated heterocycles. The third-order valence-corrected chi connectivity index (χ3v) is 4.65. The van der Waals surface area contributed by atoms with Gasteiger partial charge in [-0.3, -0.25) is 0 Å². The van der Waals surface area contributed by atoms with Crippen molar-refractivity contribution in [1.29, 1.82) is 0 Å². The first kappa shape index (κ1) is 13.5. The lowest BCUT2D eigenvalue weighted by Gasteiger charge is -2.40. The lowest BCUT2D eigenvalue weighted by atomic mass is 9.90. The van der Waals surface area contributed by atoms with Crippen LogP contribution in [0.2, 0.25) is 5.02 Å². The summed E-state index contributed by atoms with van der Waals surface area (Å²) < 4.78 is 68.8. The molecule has 4 N–H and O–H groups in total. The van der Waals surface area contributed by atoms with Gasteiger partial charge in [-0.2, -0.15) is 0 Å². The van der Waals surface area contributed by atoms with Gasteiger partial charge in [0.2, 0.25) is 0 Å². The molecule has 3 rings (SSSR count). The molecule has 1 fully saturated rings. The van der Waals surface area contributed by atoms with Crippen molar-refractivity contribution in [2.75, 3.05) is 13.2 Å². The molecule has 0 aliphatic carbocycles. The molecule has 1 aliphatic heterocycles. The van der Waals surface area contributed by atoms with Crippen molar-refractivity contribution in [3.8, 4) is 5.75 Å². The molecule has 5 atom stereocenters. The molecule has 0 saturated carbocycles. The zero-order chi connectivity index (χ0) is 26.4. The third kappa shape index (κ3) is 4.49. The van der Waals surface area contributed by atoms with E-state index < -0.39 is 85.8 Å². The van der Waals surface area contributed by atoms with Gasteiger partial charge in [0.05, 0.1) is 22.8 Å². The summed E-state index contributed by atoms with van der Waals surface area (Å²) in [6.45, 7) is 1.02. The summed E-state index contributed by atoms with van der Waals surface area (Å²) in [5.74, 6) is -0.229. The molecule has 0 aromatic heterocycles. The first-order valence-corrected chi connectivity index (χ1v) is 9.07. The van der Waals surface area contributed by atoms with E-state index in [0.29, 0.717) is 0 Å². The smallest absolute Gasteiger partial charge is 0.119 e. The standard InChI is InChI=1S/C21H25ClO6/c1-2-27-15-6-3-12(4-7-15)9-14-10-13(5-8-16(14)22)21-20(26)19(25)18(24)17(11-23)28-21/h3-8,10,17-21,23-26H,2,9,11H2,1H3/t17-,18-,19+,20-,21+/m1/s1/i3D,4D,5D,6D,7D,8D,10D. The van der Waals surface area contributed by atoms with Crippen LogP contribution in [0.1, 0.15) is 39.3 Å². The lowest BCUT2D eigenvalue weighted by molar-refractivity contribution is -0.231. The van der Waals surface area contributed by atoms with Gasteiger partial charge in [-0.05, 0) is 48.2 Å². The molecule has 1 aliphatic rings. The molecule has 0 unspecified atom stereocenters. The fourth-order valence-electron chi connectivity index (χ4n) is 2.86. The van der Waals surface area contributed by atoms with Crippen LogP contribution in [0.3, 0.4) is 0 Å². The van der Waals surface area contributed by atoms with Gasteiger partial charge in [-0.25, -0.2) is 0 Å². The monoisotopic (exact) mass is 415 g/mol. The van der Waals surface area contributed by atoms with Crippen LogP contribution in [0.15, 0.2) is 42.3 Å². The predicted molar refractivity (Wildman–Crippen MR) is 105 cm³/mol. The second kappa shape index (κ2) is 9.22. The van der Waals surface area contributed by atoms with Gasteiger partial charge in [-0.1, -0.05) is 35.8 Å². The maximum Gasteiger partial charge on any atom is 0.119 e. The van der Waals surface area contributed by atoms with E-state index in [0.717, 1.165) is 0 Å². The van der Waals surface area contributed by atoms with Crippen LogP contribution in [-0.4, -0.2) is 58.1 Å². The molecule has 7 heteroatoms. The summed E-state index contributed by atoms with van der Waals surface area (Å²) in [5.41, 5.74) is -0.590. The molecule has 0 amide bonds. The average Bonchev–Trinajstić information content (AvgIpc) is 2.83. The third-order valence-electron chi connectivity index (χ3n) is 4.33. The van der Waals surface area contributed by atoms with Crippen molar-refractivity contribution < 1.29 is 39.5 Å². The fourth-order valence-corrected chi connectivity index (χ4v) is 3.02. The zero-order valence-electron chi connectivity index (χ0n) is 22.0. The summed E-state index contributed by atoms with van der Waals surface area (Å²) in [4.78, 5) is 0. The number of aliphatic hydroxyl groups is 4. The van der Waals surface area contributed by atoms with E-state index in [2.05, 4.69) is 0 Å². The highest BCUT2D eigenvalue weighted by molar-refractivity contribution is 6.31. The van der Waals surface area contributed by atoms with E-state index in [4.69, 9.17) is 30.7 Å². The van der Waals surface area contributed by atoms with Gasteiger partial charge >= 0.3 is 0 Å². The highest BCUT2D eigenvalue weighted by Crippen LogP contribution is 2.34. The van der Waals surface area contributed by atoms with Crippen molar-refractivity contribution in [3.63, 3.8) is 0 Å². The number of hydrogen-bond acceptors (Lipinski definition) is 6. The van der Waals surface area contributed by atoms with E-state index >= 15 is 0 Å². The molecule has 6 nitrogen and oxygen atoms in total. The van der Waals surface area contributed by atoms with Crippen molar-refractivity contribution in [1.82, 2.24) is 0 Å². The van der Waals surface area contributed by atoms with Gasteiger partial charge in [-0.15, -0.1) is 0 Å². The molecule has 2 aromatic carbocycles. The van der Waals surface area contributed by atoms with Crippen LogP contribution < -0.4 is 4.74 Å². The minimum atomic E-state index is -1.81. The normalized spacial score (nSPS) is 31.1.